The largest absolute Gasteiger partial charge is 0.252 e. The first-order valence-electron chi connectivity index (χ1n) is 3.61. The zero-order valence-corrected chi connectivity index (χ0v) is 8.43. The summed E-state index contributed by atoms with van der Waals surface area (Å²) in [6.07, 6.45) is 4.70. The van der Waals surface area contributed by atoms with Crippen LogP contribution in [0, 0.1) is 6.92 Å². The van der Waals surface area contributed by atoms with Crippen LogP contribution in [0.1, 0.15) is 5.69 Å². The summed E-state index contributed by atoms with van der Waals surface area (Å²) < 4.78 is 2.40. The van der Waals surface area contributed by atoms with Gasteiger partial charge in [-0.25, -0.2) is 15.0 Å². The average molecular weight is 240 g/mol. The van der Waals surface area contributed by atoms with Gasteiger partial charge in [-0.05, 0) is 22.9 Å². The molecule has 0 fully saturated rings. The summed E-state index contributed by atoms with van der Waals surface area (Å²) >= 11 is 3.32. The number of rotatable bonds is 1. The highest BCUT2D eigenvalue weighted by Crippen LogP contribution is 2.12. The first-order chi connectivity index (χ1) is 6.27. The number of nitrogens with zero attached hydrogens (tertiary/aromatic N) is 5. The summed E-state index contributed by atoms with van der Waals surface area (Å²) in [6.45, 7) is 1.90. The van der Waals surface area contributed by atoms with E-state index in [2.05, 4.69) is 36.0 Å². The van der Waals surface area contributed by atoms with E-state index in [9.17, 15) is 0 Å². The van der Waals surface area contributed by atoms with Crippen LogP contribution in [0.15, 0.2) is 23.3 Å². The summed E-state index contributed by atoms with van der Waals surface area (Å²) in [5.74, 6) is 0.526. The quantitative estimate of drug-likeness (QED) is 0.749. The van der Waals surface area contributed by atoms with Crippen molar-refractivity contribution in [2.24, 2.45) is 0 Å². The highest BCUT2D eigenvalue weighted by atomic mass is 79.9. The van der Waals surface area contributed by atoms with Crippen molar-refractivity contribution < 1.29 is 0 Å². The van der Waals surface area contributed by atoms with E-state index in [1.807, 2.05) is 6.92 Å². The Hall–Kier alpha value is -1.30. The molecule has 5 nitrogen and oxygen atoms in total. The Balaban J connectivity index is 2.49. The molecule has 2 rings (SSSR count). The maximum atomic E-state index is 4.22. The van der Waals surface area contributed by atoms with Crippen LogP contribution in [0.25, 0.3) is 5.95 Å². The van der Waals surface area contributed by atoms with Crippen LogP contribution in [0.4, 0.5) is 0 Å². The van der Waals surface area contributed by atoms with Gasteiger partial charge in [0, 0.05) is 6.20 Å². The topological polar surface area (TPSA) is 56.5 Å². The molecule has 0 aliphatic rings. The minimum absolute atomic E-state index is 0.526. The maximum Gasteiger partial charge on any atom is 0.252 e. The average Bonchev–Trinajstić information content (AvgIpc) is 2.62. The van der Waals surface area contributed by atoms with E-state index < -0.39 is 0 Å². The lowest BCUT2D eigenvalue weighted by Gasteiger charge is -2.00. The Labute approximate surface area is 83.0 Å². The standard InChI is InChI=1S/C7H6BrN5/c1-5-6(8)2-10-7(12-5)13-4-9-3-11-13/h2-4H,1H3. The second-order valence-electron chi connectivity index (χ2n) is 2.44. The van der Waals surface area contributed by atoms with Crippen molar-refractivity contribution in [3.63, 3.8) is 0 Å². The van der Waals surface area contributed by atoms with Gasteiger partial charge < -0.3 is 0 Å². The Morgan fingerprint density at radius 2 is 2.31 bits per heavy atom. The van der Waals surface area contributed by atoms with Gasteiger partial charge in [0.15, 0.2) is 0 Å². The number of aromatic nitrogens is 5. The Kier molecular flexibility index (Phi) is 2.05. The van der Waals surface area contributed by atoms with E-state index in [0.29, 0.717) is 5.95 Å². The molecular weight excluding hydrogens is 234 g/mol. The molecule has 0 spiro atoms. The molecule has 0 aliphatic carbocycles. The summed E-state index contributed by atoms with van der Waals surface area (Å²) in [7, 11) is 0. The molecule has 2 aromatic rings. The summed E-state index contributed by atoms with van der Waals surface area (Å²) in [5.41, 5.74) is 0.875. The lowest BCUT2D eigenvalue weighted by atomic mass is 10.5. The number of hydrogen-bond donors (Lipinski definition) is 0. The molecule has 0 saturated heterocycles. The van der Waals surface area contributed by atoms with Crippen LogP contribution in [-0.4, -0.2) is 24.7 Å². The smallest absolute Gasteiger partial charge is 0.223 e. The lowest BCUT2D eigenvalue weighted by Crippen LogP contribution is -2.02. The first-order valence-corrected chi connectivity index (χ1v) is 4.41. The summed E-state index contributed by atoms with van der Waals surface area (Å²) in [4.78, 5) is 12.1. The maximum absolute atomic E-state index is 4.22. The third-order valence-electron chi connectivity index (χ3n) is 1.53. The van der Waals surface area contributed by atoms with Gasteiger partial charge in [-0.1, -0.05) is 0 Å². The Bertz CT molecular complexity index is 411. The van der Waals surface area contributed by atoms with Crippen LogP contribution in [0.5, 0.6) is 0 Å². The predicted octanol–water partition coefficient (Wildman–Crippen LogP) is 1.13. The Morgan fingerprint density at radius 1 is 1.46 bits per heavy atom. The molecule has 2 heterocycles. The molecule has 0 aromatic carbocycles. The SMILES string of the molecule is Cc1nc(-n2cncn2)ncc1Br. The third kappa shape index (κ3) is 1.57. The monoisotopic (exact) mass is 239 g/mol. The van der Waals surface area contributed by atoms with Gasteiger partial charge in [-0.15, -0.1) is 0 Å². The fourth-order valence-electron chi connectivity index (χ4n) is 0.862. The van der Waals surface area contributed by atoms with Crippen molar-refractivity contribution in [3.8, 4) is 5.95 Å². The molecular formula is C7H6BrN5. The van der Waals surface area contributed by atoms with Gasteiger partial charge in [0.1, 0.15) is 12.7 Å². The molecule has 0 N–H and O–H groups in total. The second-order valence-corrected chi connectivity index (χ2v) is 3.30. The summed E-state index contributed by atoms with van der Waals surface area (Å²) in [5, 5.41) is 3.92. The summed E-state index contributed by atoms with van der Waals surface area (Å²) in [6, 6.07) is 0. The van der Waals surface area contributed by atoms with Gasteiger partial charge >= 0.3 is 0 Å². The molecule has 66 valence electrons. The van der Waals surface area contributed by atoms with Crippen LogP contribution in [0.3, 0.4) is 0 Å². The van der Waals surface area contributed by atoms with E-state index in [-0.39, 0.29) is 0 Å². The van der Waals surface area contributed by atoms with E-state index in [1.165, 1.54) is 11.0 Å². The van der Waals surface area contributed by atoms with Crippen molar-refractivity contribution in [3.05, 3.63) is 29.0 Å². The van der Waals surface area contributed by atoms with E-state index >= 15 is 0 Å². The minimum Gasteiger partial charge on any atom is -0.223 e. The number of halogens is 1. The molecule has 0 bridgehead atoms. The molecule has 0 aliphatic heterocycles. The predicted molar refractivity (Wildman–Crippen MR) is 49.4 cm³/mol. The zero-order valence-electron chi connectivity index (χ0n) is 6.85. The normalized spacial score (nSPS) is 10.3. The van der Waals surface area contributed by atoms with Crippen LogP contribution >= 0.6 is 15.9 Å². The fourth-order valence-corrected chi connectivity index (χ4v) is 1.05. The van der Waals surface area contributed by atoms with Crippen LogP contribution in [0.2, 0.25) is 0 Å². The van der Waals surface area contributed by atoms with Gasteiger partial charge in [-0.2, -0.15) is 9.78 Å². The van der Waals surface area contributed by atoms with Crippen molar-refractivity contribution in [2.45, 2.75) is 6.92 Å². The van der Waals surface area contributed by atoms with Gasteiger partial charge in [-0.3, -0.25) is 0 Å². The number of aryl methyl sites for hydroxylation is 1. The van der Waals surface area contributed by atoms with Crippen molar-refractivity contribution in [1.82, 2.24) is 24.7 Å². The van der Waals surface area contributed by atoms with E-state index in [0.717, 1.165) is 10.2 Å². The third-order valence-corrected chi connectivity index (χ3v) is 2.31. The molecule has 0 unspecified atom stereocenters. The lowest BCUT2D eigenvalue weighted by molar-refractivity contribution is 0.797. The van der Waals surface area contributed by atoms with Crippen molar-refractivity contribution in [2.75, 3.05) is 0 Å². The molecule has 0 saturated carbocycles. The highest BCUT2D eigenvalue weighted by molar-refractivity contribution is 9.10. The number of hydrogen-bond acceptors (Lipinski definition) is 4. The zero-order chi connectivity index (χ0) is 9.26. The minimum atomic E-state index is 0.526. The van der Waals surface area contributed by atoms with Crippen molar-refractivity contribution >= 4 is 15.9 Å². The van der Waals surface area contributed by atoms with Gasteiger partial charge in [0.25, 0.3) is 5.95 Å². The molecule has 0 amide bonds. The van der Waals surface area contributed by atoms with Crippen LogP contribution in [-0.2, 0) is 0 Å². The van der Waals surface area contributed by atoms with Gasteiger partial charge in [0.2, 0.25) is 0 Å². The molecule has 0 radical (unpaired) electrons. The van der Waals surface area contributed by atoms with Crippen LogP contribution < -0.4 is 0 Å². The molecule has 13 heavy (non-hydrogen) atoms. The fraction of sp³-hybridized carbons (Fsp3) is 0.143. The first kappa shape index (κ1) is 8.31. The molecule has 0 atom stereocenters. The molecule has 6 heteroatoms. The Morgan fingerprint density at radius 3 is 2.92 bits per heavy atom. The van der Waals surface area contributed by atoms with Crippen molar-refractivity contribution in [1.29, 1.82) is 0 Å². The second kappa shape index (κ2) is 3.21. The van der Waals surface area contributed by atoms with E-state index in [4.69, 9.17) is 0 Å². The van der Waals surface area contributed by atoms with E-state index in [1.54, 1.807) is 12.5 Å². The van der Waals surface area contributed by atoms with Gasteiger partial charge in [0.05, 0.1) is 10.2 Å². The highest BCUT2D eigenvalue weighted by Gasteiger charge is 2.02. The molecule has 2 aromatic heterocycles.